The Bertz CT molecular complexity index is 908. The van der Waals surface area contributed by atoms with Gasteiger partial charge in [0, 0.05) is 4.47 Å². The maximum atomic E-state index is 12.6. The van der Waals surface area contributed by atoms with Crippen molar-refractivity contribution in [2.45, 2.75) is 20.3 Å². The van der Waals surface area contributed by atoms with E-state index in [1.165, 1.54) is 0 Å². The zero-order valence-electron chi connectivity index (χ0n) is 15.9. The van der Waals surface area contributed by atoms with E-state index in [0.29, 0.717) is 28.9 Å². The van der Waals surface area contributed by atoms with E-state index in [-0.39, 0.29) is 10.7 Å². The lowest BCUT2D eigenvalue weighted by Crippen LogP contribution is -2.48. The highest BCUT2D eigenvalue weighted by Gasteiger charge is 2.16. The minimum Gasteiger partial charge on any atom is -0.493 e. The topological polar surface area (TPSA) is 79.5 Å². The van der Waals surface area contributed by atoms with Gasteiger partial charge in [-0.25, -0.2) is 0 Å². The van der Waals surface area contributed by atoms with E-state index in [2.05, 4.69) is 45.9 Å². The maximum Gasteiger partial charge on any atom is 0.271 e. The number of halogens is 2. The Kier molecular flexibility index (Phi) is 8.88. The van der Waals surface area contributed by atoms with Crippen LogP contribution in [0.4, 0.5) is 0 Å². The molecule has 0 aromatic heterocycles. The zero-order valence-corrected chi connectivity index (χ0v) is 19.1. The summed E-state index contributed by atoms with van der Waals surface area (Å²) in [6.07, 6.45) is 0.866. The summed E-state index contributed by atoms with van der Waals surface area (Å²) in [7, 11) is 0. The van der Waals surface area contributed by atoms with Gasteiger partial charge in [0.1, 0.15) is 5.75 Å². The van der Waals surface area contributed by atoms with Crippen LogP contribution in [0.15, 0.2) is 46.9 Å². The lowest BCUT2D eigenvalue weighted by Gasteiger charge is -2.14. The van der Waals surface area contributed by atoms with Gasteiger partial charge in [-0.2, -0.15) is 0 Å². The van der Waals surface area contributed by atoms with E-state index in [0.717, 1.165) is 10.9 Å². The SMILES string of the molecule is CC(C)CCOc1ccc(Br)cc1C(=O)NC(=S)NNC(=O)c1ccccc1Cl. The fourth-order valence-corrected chi connectivity index (χ4v) is 2.96. The van der Waals surface area contributed by atoms with E-state index in [1.54, 1.807) is 42.5 Å². The number of amides is 2. The van der Waals surface area contributed by atoms with Gasteiger partial charge in [0.2, 0.25) is 0 Å². The third-order valence-corrected chi connectivity index (χ3v) is 4.80. The van der Waals surface area contributed by atoms with Crippen LogP contribution in [-0.4, -0.2) is 23.5 Å². The molecular formula is C20H21BrClN3O3S. The van der Waals surface area contributed by atoms with Crippen molar-refractivity contribution in [3.63, 3.8) is 0 Å². The highest BCUT2D eigenvalue weighted by molar-refractivity contribution is 9.10. The molecule has 0 aliphatic heterocycles. The molecule has 0 saturated heterocycles. The summed E-state index contributed by atoms with van der Waals surface area (Å²) >= 11 is 14.4. The largest absolute Gasteiger partial charge is 0.493 e. The van der Waals surface area contributed by atoms with Crippen LogP contribution < -0.4 is 20.9 Å². The lowest BCUT2D eigenvalue weighted by molar-refractivity contribution is 0.0933. The number of hydrogen-bond acceptors (Lipinski definition) is 4. The molecule has 0 aliphatic carbocycles. The fraction of sp³-hybridized carbons (Fsp3) is 0.250. The first kappa shape index (κ1) is 23.1. The minimum atomic E-state index is -0.479. The smallest absolute Gasteiger partial charge is 0.271 e. The number of carbonyl (C=O) groups is 2. The first-order valence-electron chi connectivity index (χ1n) is 8.86. The Morgan fingerprint density at radius 1 is 1.10 bits per heavy atom. The number of rotatable bonds is 6. The molecule has 2 aromatic rings. The average Bonchev–Trinajstić information content (AvgIpc) is 2.67. The summed E-state index contributed by atoms with van der Waals surface area (Å²) in [4.78, 5) is 24.8. The number of nitrogens with one attached hydrogen (secondary N) is 3. The summed E-state index contributed by atoms with van der Waals surface area (Å²) in [5, 5.41) is 2.76. The van der Waals surface area contributed by atoms with Crippen molar-refractivity contribution < 1.29 is 14.3 Å². The van der Waals surface area contributed by atoms with E-state index in [4.69, 9.17) is 28.6 Å². The molecule has 6 nitrogen and oxygen atoms in total. The second-order valence-corrected chi connectivity index (χ2v) is 8.24. The number of benzene rings is 2. The Hall–Kier alpha value is -2.16. The Morgan fingerprint density at radius 2 is 1.83 bits per heavy atom. The number of carbonyl (C=O) groups excluding carboxylic acids is 2. The normalized spacial score (nSPS) is 10.4. The number of thiocarbonyl (C=S) groups is 1. The molecule has 2 amide bonds. The van der Waals surface area contributed by atoms with Crippen LogP contribution in [0.3, 0.4) is 0 Å². The van der Waals surface area contributed by atoms with Gasteiger partial charge in [0.15, 0.2) is 5.11 Å². The summed E-state index contributed by atoms with van der Waals surface area (Å²) in [6, 6.07) is 11.7. The van der Waals surface area contributed by atoms with Crippen LogP contribution in [0.2, 0.25) is 5.02 Å². The minimum absolute atomic E-state index is 0.0662. The molecule has 0 fully saturated rings. The zero-order chi connectivity index (χ0) is 21.4. The molecule has 2 rings (SSSR count). The van der Waals surface area contributed by atoms with Gasteiger partial charge < -0.3 is 4.74 Å². The lowest BCUT2D eigenvalue weighted by atomic mass is 10.1. The van der Waals surface area contributed by atoms with Crippen molar-refractivity contribution >= 4 is 56.7 Å². The monoisotopic (exact) mass is 497 g/mol. The van der Waals surface area contributed by atoms with Crippen molar-refractivity contribution in [2.24, 2.45) is 5.92 Å². The van der Waals surface area contributed by atoms with E-state index < -0.39 is 11.8 Å². The standard InChI is InChI=1S/C20H21BrClN3O3S/c1-12(2)9-10-28-17-8-7-13(21)11-15(17)18(26)23-20(29)25-24-19(27)14-5-3-4-6-16(14)22/h3-8,11-12H,9-10H2,1-2H3,(H,24,27)(H2,23,25,26,29). The van der Waals surface area contributed by atoms with Crippen LogP contribution in [0, 0.1) is 5.92 Å². The fourth-order valence-electron chi connectivity index (χ4n) is 2.24. The molecule has 0 radical (unpaired) electrons. The van der Waals surface area contributed by atoms with Crippen molar-refractivity contribution in [1.82, 2.24) is 16.2 Å². The van der Waals surface area contributed by atoms with Crippen molar-refractivity contribution in [1.29, 1.82) is 0 Å². The van der Waals surface area contributed by atoms with Crippen molar-refractivity contribution in [3.05, 3.63) is 63.1 Å². The molecule has 3 N–H and O–H groups in total. The molecule has 0 saturated carbocycles. The molecule has 154 valence electrons. The van der Waals surface area contributed by atoms with E-state index in [9.17, 15) is 9.59 Å². The molecule has 0 aliphatic rings. The van der Waals surface area contributed by atoms with Gasteiger partial charge in [-0.15, -0.1) is 0 Å². The van der Waals surface area contributed by atoms with Gasteiger partial charge in [-0.1, -0.05) is 53.5 Å². The molecule has 29 heavy (non-hydrogen) atoms. The van der Waals surface area contributed by atoms with Crippen LogP contribution in [0.5, 0.6) is 5.75 Å². The van der Waals surface area contributed by atoms with Crippen molar-refractivity contribution in [3.8, 4) is 5.75 Å². The highest BCUT2D eigenvalue weighted by atomic mass is 79.9. The van der Waals surface area contributed by atoms with E-state index in [1.807, 2.05) is 0 Å². The van der Waals surface area contributed by atoms with E-state index >= 15 is 0 Å². The molecule has 2 aromatic carbocycles. The summed E-state index contributed by atoms with van der Waals surface area (Å²) < 4.78 is 6.47. The maximum absolute atomic E-state index is 12.6. The second-order valence-electron chi connectivity index (χ2n) is 6.51. The van der Waals surface area contributed by atoms with Gasteiger partial charge in [0.25, 0.3) is 11.8 Å². The van der Waals surface area contributed by atoms with Crippen molar-refractivity contribution in [2.75, 3.05) is 6.61 Å². The van der Waals surface area contributed by atoms with Crippen LogP contribution in [0.1, 0.15) is 41.0 Å². The van der Waals surface area contributed by atoms with Crippen LogP contribution >= 0.6 is 39.7 Å². The summed E-state index contributed by atoms with van der Waals surface area (Å²) in [5.74, 6) is -0.00168. The molecule has 0 unspecified atom stereocenters. The van der Waals surface area contributed by atoms with Crippen LogP contribution in [0.25, 0.3) is 0 Å². The molecule has 0 spiro atoms. The van der Waals surface area contributed by atoms with Gasteiger partial charge in [-0.05, 0) is 54.9 Å². The summed E-state index contributed by atoms with van der Waals surface area (Å²) in [5.41, 5.74) is 5.49. The van der Waals surface area contributed by atoms with Gasteiger partial charge in [0.05, 0.1) is 22.8 Å². The third kappa shape index (κ3) is 7.30. The summed E-state index contributed by atoms with van der Waals surface area (Å²) in [6.45, 7) is 4.69. The predicted octanol–water partition coefficient (Wildman–Crippen LogP) is 4.48. The number of ether oxygens (including phenoxy) is 1. The van der Waals surface area contributed by atoms with Gasteiger partial charge in [-0.3, -0.25) is 25.8 Å². The number of hydrogen-bond donors (Lipinski definition) is 3. The Labute approximate surface area is 188 Å². The van der Waals surface area contributed by atoms with Gasteiger partial charge >= 0.3 is 0 Å². The first-order chi connectivity index (χ1) is 13.8. The molecule has 0 bridgehead atoms. The third-order valence-electron chi connectivity index (χ3n) is 3.77. The molecule has 0 heterocycles. The Balaban J connectivity index is 1.96. The first-order valence-corrected chi connectivity index (χ1v) is 10.4. The molecule has 9 heteroatoms. The second kappa shape index (κ2) is 11.1. The Morgan fingerprint density at radius 3 is 2.52 bits per heavy atom. The highest BCUT2D eigenvalue weighted by Crippen LogP contribution is 2.24. The van der Waals surface area contributed by atoms with Crippen LogP contribution in [-0.2, 0) is 0 Å². The number of hydrazine groups is 1. The molecule has 0 atom stereocenters. The average molecular weight is 499 g/mol. The predicted molar refractivity (Wildman–Crippen MR) is 121 cm³/mol. The quantitative estimate of drug-likeness (QED) is 0.404. The molecular weight excluding hydrogens is 478 g/mol.